The van der Waals surface area contributed by atoms with Crippen molar-refractivity contribution < 1.29 is 19.1 Å². The van der Waals surface area contributed by atoms with Gasteiger partial charge in [-0.25, -0.2) is 0 Å². The number of hydrogen-bond acceptors (Lipinski definition) is 4. The molecule has 0 fully saturated rings. The average Bonchev–Trinajstić information content (AvgIpc) is 2.78. The van der Waals surface area contributed by atoms with Crippen LogP contribution in [0.3, 0.4) is 0 Å². The molecule has 1 heterocycles. The van der Waals surface area contributed by atoms with Gasteiger partial charge in [-0.3, -0.25) is 9.59 Å². The number of anilines is 1. The first-order chi connectivity index (χ1) is 14.6. The first-order valence-electron chi connectivity index (χ1n) is 9.42. The van der Waals surface area contributed by atoms with E-state index in [4.69, 9.17) is 21.1 Å². The van der Waals surface area contributed by atoms with Crippen molar-refractivity contribution in [3.8, 4) is 11.5 Å². The lowest BCUT2D eigenvalue weighted by Gasteiger charge is -2.26. The van der Waals surface area contributed by atoms with E-state index in [-0.39, 0.29) is 17.9 Å². The Bertz CT molecular complexity index is 1050. The summed E-state index contributed by atoms with van der Waals surface area (Å²) in [5.41, 5.74) is 1.57. The molecule has 1 aliphatic heterocycles. The molecule has 0 radical (unpaired) electrons. The maximum absolute atomic E-state index is 12.4. The van der Waals surface area contributed by atoms with E-state index in [1.165, 1.54) is 0 Å². The minimum Gasteiger partial charge on any atom is -0.486 e. The van der Waals surface area contributed by atoms with Crippen LogP contribution in [0.5, 0.6) is 11.5 Å². The Balaban J connectivity index is 1.30. The summed E-state index contributed by atoms with van der Waals surface area (Å²) in [5, 5.41) is 6.20. The van der Waals surface area contributed by atoms with Crippen LogP contribution in [0.25, 0.3) is 0 Å². The van der Waals surface area contributed by atoms with Gasteiger partial charge in [0.05, 0.1) is 6.54 Å². The van der Waals surface area contributed by atoms with Crippen molar-refractivity contribution in [2.75, 3.05) is 18.5 Å². The second-order valence-electron chi connectivity index (χ2n) is 6.75. The molecule has 1 aliphatic rings. The van der Waals surface area contributed by atoms with Gasteiger partial charge in [-0.2, -0.15) is 0 Å². The fraction of sp³-hybridized carbons (Fsp3) is 0.130. The molecule has 152 valence electrons. The summed E-state index contributed by atoms with van der Waals surface area (Å²) >= 11 is 5.84. The number of amides is 2. The van der Waals surface area contributed by atoms with Crippen LogP contribution in [0.4, 0.5) is 5.69 Å². The number of nitrogens with one attached hydrogen (secondary N) is 2. The summed E-state index contributed by atoms with van der Waals surface area (Å²) in [6, 6.07) is 20.7. The monoisotopic (exact) mass is 422 g/mol. The lowest BCUT2D eigenvalue weighted by Crippen LogP contribution is -2.40. The fourth-order valence-corrected chi connectivity index (χ4v) is 3.11. The van der Waals surface area contributed by atoms with Crippen molar-refractivity contribution in [2.24, 2.45) is 0 Å². The van der Waals surface area contributed by atoms with E-state index in [2.05, 4.69) is 10.6 Å². The third-order valence-corrected chi connectivity index (χ3v) is 4.82. The highest BCUT2D eigenvalue weighted by Gasteiger charge is 2.21. The molecule has 0 saturated carbocycles. The number of ether oxygens (including phenoxy) is 2. The smallest absolute Gasteiger partial charge is 0.255 e. The van der Waals surface area contributed by atoms with Crippen LogP contribution < -0.4 is 20.1 Å². The normalized spacial score (nSPS) is 14.6. The number of hydrogen-bond donors (Lipinski definition) is 2. The van der Waals surface area contributed by atoms with E-state index in [0.717, 1.165) is 0 Å². The summed E-state index contributed by atoms with van der Waals surface area (Å²) in [6.07, 6.45) is -0.262. The Kier molecular flexibility index (Phi) is 5.86. The van der Waals surface area contributed by atoms with Gasteiger partial charge >= 0.3 is 0 Å². The van der Waals surface area contributed by atoms with E-state index >= 15 is 0 Å². The number of carbonyl (C=O) groups excluding carboxylic acids is 2. The topological polar surface area (TPSA) is 76.7 Å². The molecule has 0 aliphatic carbocycles. The number of rotatable bonds is 5. The maximum atomic E-state index is 12.4. The Morgan fingerprint density at radius 1 is 0.867 bits per heavy atom. The lowest BCUT2D eigenvalue weighted by molar-refractivity contribution is 0.0789. The average molecular weight is 423 g/mol. The lowest BCUT2D eigenvalue weighted by atomic mass is 10.1. The zero-order chi connectivity index (χ0) is 20.9. The number of para-hydroxylation sites is 2. The molecule has 1 atom stereocenters. The van der Waals surface area contributed by atoms with Crippen molar-refractivity contribution in [1.29, 1.82) is 0 Å². The molecular weight excluding hydrogens is 404 g/mol. The van der Waals surface area contributed by atoms with Crippen LogP contribution in [0, 0.1) is 0 Å². The van der Waals surface area contributed by atoms with Gasteiger partial charge in [0.2, 0.25) is 0 Å². The quantitative estimate of drug-likeness (QED) is 0.647. The van der Waals surface area contributed by atoms with E-state index in [0.29, 0.717) is 46.5 Å². The second-order valence-corrected chi connectivity index (χ2v) is 7.18. The van der Waals surface area contributed by atoms with Crippen molar-refractivity contribution in [3.63, 3.8) is 0 Å². The van der Waals surface area contributed by atoms with Crippen LogP contribution in [0.1, 0.15) is 20.7 Å². The van der Waals surface area contributed by atoms with Crippen LogP contribution in [-0.4, -0.2) is 31.1 Å². The molecule has 3 aromatic carbocycles. The molecule has 7 heteroatoms. The molecule has 0 bridgehead atoms. The van der Waals surface area contributed by atoms with E-state index in [9.17, 15) is 9.59 Å². The van der Waals surface area contributed by atoms with Crippen LogP contribution in [0.2, 0.25) is 5.02 Å². The predicted molar refractivity (Wildman–Crippen MR) is 115 cm³/mol. The minimum absolute atomic E-state index is 0.229. The van der Waals surface area contributed by atoms with Crippen molar-refractivity contribution in [1.82, 2.24) is 5.32 Å². The Labute approximate surface area is 178 Å². The highest BCUT2D eigenvalue weighted by atomic mass is 35.5. The van der Waals surface area contributed by atoms with Crippen LogP contribution in [0.15, 0.2) is 72.8 Å². The number of fused-ring (bicyclic) bond motifs is 1. The third kappa shape index (κ3) is 4.72. The third-order valence-electron chi connectivity index (χ3n) is 4.57. The van der Waals surface area contributed by atoms with Crippen LogP contribution in [-0.2, 0) is 0 Å². The van der Waals surface area contributed by atoms with Crippen molar-refractivity contribution in [3.05, 3.63) is 88.9 Å². The van der Waals surface area contributed by atoms with Gasteiger partial charge < -0.3 is 20.1 Å². The predicted octanol–water partition coefficient (Wildman–Crippen LogP) is 4.16. The molecule has 2 N–H and O–H groups in total. The molecule has 0 unspecified atom stereocenters. The minimum atomic E-state index is -0.262. The standard InChI is InChI=1S/C23H19ClN2O4/c24-17-9-5-16(6-10-17)23(28)26-18-11-7-15(8-12-18)22(27)25-13-19-14-29-20-3-1-2-4-21(20)30-19/h1-12,19H,13-14H2,(H,25,27)(H,26,28)/t19-/m1/s1. The maximum Gasteiger partial charge on any atom is 0.255 e. The van der Waals surface area contributed by atoms with Crippen LogP contribution >= 0.6 is 11.6 Å². The number of halogens is 1. The van der Waals surface area contributed by atoms with Gasteiger partial charge in [-0.05, 0) is 60.7 Å². The summed E-state index contributed by atoms with van der Waals surface area (Å²) < 4.78 is 11.5. The first-order valence-corrected chi connectivity index (χ1v) is 9.80. The van der Waals surface area contributed by atoms with Gasteiger partial charge in [0, 0.05) is 21.8 Å². The fourth-order valence-electron chi connectivity index (χ4n) is 2.98. The van der Waals surface area contributed by atoms with Gasteiger partial charge in [0.25, 0.3) is 11.8 Å². The number of benzene rings is 3. The SMILES string of the molecule is O=C(NC[C@@H]1COc2ccccc2O1)c1ccc(NC(=O)c2ccc(Cl)cc2)cc1. The number of carbonyl (C=O) groups is 2. The van der Waals surface area contributed by atoms with Crippen molar-refractivity contribution >= 4 is 29.1 Å². The zero-order valence-electron chi connectivity index (χ0n) is 15.9. The molecule has 6 nitrogen and oxygen atoms in total. The van der Waals surface area contributed by atoms with Gasteiger partial charge in [0.15, 0.2) is 11.5 Å². The van der Waals surface area contributed by atoms with E-state index < -0.39 is 0 Å². The van der Waals surface area contributed by atoms with E-state index in [1.807, 2.05) is 24.3 Å². The summed E-state index contributed by atoms with van der Waals surface area (Å²) in [5.74, 6) is 0.895. The summed E-state index contributed by atoms with van der Waals surface area (Å²) in [6.45, 7) is 0.690. The highest BCUT2D eigenvalue weighted by Crippen LogP contribution is 2.30. The molecule has 3 aromatic rings. The molecule has 0 spiro atoms. The van der Waals surface area contributed by atoms with Gasteiger partial charge in [-0.15, -0.1) is 0 Å². The van der Waals surface area contributed by atoms with Gasteiger partial charge in [-0.1, -0.05) is 23.7 Å². The summed E-state index contributed by atoms with van der Waals surface area (Å²) in [7, 11) is 0. The largest absolute Gasteiger partial charge is 0.486 e. The van der Waals surface area contributed by atoms with Gasteiger partial charge in [0.1, 0.15) is 12.7 Å². The Hall–Kier alpha value is -3.51. The Morgan fingerprint density at radius 2 is 1.50 bits per heavy atom. The molecule has 30 heavy (non-hydrogen) atoms. The molecule has 4 rings (SSSR count). The summed E-state index contributed by atoms with van der Waals surface area (Å²) in [4.78, 5) is 24.7. The molecular formula is C23H19ClN2O4. The second kappa shape index (κ2) is 8.88. The van der Waals surface area contributed by atoms with Crippen molar-refractivity contribution in [2.45, 2.75) is 6.10 Å². The molecule has 0 saturated heterocycles. The highest BCUT2D eigenvalue weighted by molar-refractivity contribution is 6.30. The first kappa shape index (κ1) is 19.8. The molecule has 2 amide bonds. The zero-order valence-corrected chi connectivity index (χ0v) is 16.7. The van der Waals surface area contributed by atoms with E-state index in [1.54, 1.807) is 48.5 Å². The molecule has 0 aromatic heterocycles. The Morgan fingerprint density at radius 3 is 2.23 bits per heavy atom.